The standard InChI is InChI=1S/C27H34N2O2/c1-7-28(8-2)15-16-31-19-13-14-20-22(17-19)27(5,6)26-24(25(20)30)21-11-9-10-12-23(21)29(26)18(3)4/h9-14,17-18H,7-8,15-16H2,1-6H3. The SMILES string of the molecule is CCN(CC)CCOc1ccc2c(c1)C(C)(C)c1c(c3ccccc3n1C(C)C)C2=O. The van der Waals surface area contributed by atoms with E-state index in [0.717, 1.165) is 58.7 Å². The zero-order valence-corrected chi connectivity index (χ0v) is 19.7. The zero-order valence-electron chi connectivity index (χ0n) is 19.7. The minimum absolute atomic E-state index is 0.120. The first-order valence-electron chi connectivity index (χ1n) is 11.5. The van der Waals surface area contributed by atoms with Gasteiger partial charge in [0.05, 0.1) is 5.56 Å². The molecule has 1 aliphatic rings. The molecule has 0 amide bonds. The van der Waals surface area contributed by atoms with E-state index >= 15 is 0 Å². The summed E-state index contributed by atoms with van der Waals surface area (Å²) in [6.45, 7) is 16.8. The van der Waals surface area contributed by atoms with Crippen LogP contribution in [0, 0.1) is 0 Å². The van der Waals surface area contributed by atoms with E-state index in [-0.39, 0.29) is 17.2 Å². The van der Waals surface area contributed by atoms with Crippen molar-refractivity contribution < 1.29 is 9.53 Å². The molecule has 0 saturated carbocycles. The lowest BCUT2D eigenvalue weighted by Crippen LogP contribution is -2.33. The van der Waals surface area contributed by atoms with E-state index in [0.29, 0.717) is 6.61 Å². The average molecular weight is 419 g/mol. The van der Waals surface area contributed by atoms with Gasteiger partial charge in [0, 0.05) is 40.2 Å². The van der Waals surface area contributed by atoms with Crippen LogP contribution in [0.25, 0.3) is 10.9 Å². The van der Waals surface area contributed by atoms with Crippen molar-refractivity contribution in [1.82, 2.24) is 9.47 Å². The normalized spacial score (nSPS) is 14.9. The molecule has 0 fully saturated rings. The largest absolute Gasteiger partial charge is 0.492 e. The summed E-state index contributed by atoms with van der Waals surface area (Å²) in [4.78, 5) is 16.0. The molecular formula is C27H34N2O2. The minimum atomic E-state index is -0.305. The lowest BCUT2D eigenvalue weighted by atomic mass is 9.71. The summed E-state index contributed by atoms with van der Waals surface area (Å²) < 4.78 is 8.45. The van der Waals surface area contributed by atoms with Crippen LogP contribution in [0.1, 0.15) is 74.8 Å². The maximum absolute atomic E-state index is 13.7. The lowest BCUT2D eigenvalue weighted by Gasteiger charge is -2.35. The predicted octanol–water partition coefficient (Wildman–Crippen LogP) is 5.81. The van der Waals surface area contributed by atoms with Gasteiger partial charge in [-0.1, -0.05) is 45.9 Å². The van der Waals surface area contributed by atoms with Crippen molar-refractivity contribution >= 4 is 16.7 Å². The van der Waals surface area contributed by atoms with Gasteiger partial charge in [0.15, 0.2) is 5.78 Å². The molecule has 0 aliphatic heterocycles. The van der Waals surface area contributed by atoms with Gasteiger partial charge in [-0.05, 0) is 56.8 Å². The minimum Gasteiger partial charge on any atom is -0.492 e. The van der Waals surface area contributed by atoms with Crippen LogP contribution in [-0.2, 0) is 5.41 Å². The van der Waals surface area contributed by atoms with E-state index in [9.17, 15) is 4.79 Å². The highest BCUT2D eigenvalue weighted by molar-refractivity contribution is 6.20. The van der Waals surface area contributed by atoms with E-state index in [1.807, 2.05) is 18.2 Å². The van der Waals surface area contributed by atoms with Crippen LogP contribution in [-0.4, -0.2) is 41.5 Å². The summed E-state index contributed by atoms with van der Waals surface area (Å²) in [6, 6.07) is 14.5. The quantitative estimate of drug-likeness (QED) is 0.485. The van der Waals surface area contributed by atoms with Crippen molar-refractivity contribution in [2.45, 2.75) is 53.0 Å². The molecular weight excluding hydrogens is 384 g/mol. The number of fused-ring (bicyclic) bond motifs is 4. The number of carbonyl (C=O) groups excluding carboxylic acids is 1. The number of para-hydroxylation sites is 1. The smallest absolute Gasteiger partial charge is 0.195 e. The Morgan fingerprint density at radius 1 is 1.06 bits per heavy atom. The van der Waals surface area contributed by atoms with Crippen molar-refractivity contribution in [3.63, 3.8) is 0 Å². The Hall–Kier alpha value is -2.59. The fraction of sp³-hybridized carbons (Fsp3) is 0.444. The Balaban J connectivity index is 1.79. The summed E-state index contributed by atoms with van der Waals surface area (Å²) in [7, 11) is 0. The molecule has 0 bridgehead atoms. The molecule has 4 nitrogen and oxygen atoms in total. The number of hydrogen-bond acceptors (Lipinski definition) is 3. The first-order chi connectivity index (χ1) is 14.8. The maximum atomic E-state index is 13.7. The van der Waals surface area contributed by atoms with Crippen molar-refractivity contribution in [2.24, 2.45) is 0 Å². The molecule has 1 heterocycles. The molecule has 0 atom stereocenters. The number of ether oxygens (including phenoxy) is 1. The Bertz CT molecular complexity index is 1120. The van der Waals surface area contributed by atoms with Gasteiger partial charge in [0.1, 0.15) is 12.4 Å². The van der Waals surface area contributed by atoms with Gasteiger partial charge in [0.25, 0.3) is 0 Å². The van der Waals surface area contributed by atoms with Gasteiger partial charge >= 0.3 is 0 Å². The number of hydrogen-bond donors (Lipinski definition) is 0. The van der Waals surface area contributed by atoms with Gasteiger partial charge in [0.2, 0.25) is 0 Å². The Morgan fingerprint density at radius 2 is 1.77 bits per heavy atom. The molecule has 0 spiro atoms. The third kappa shape index (κ3) is 3.47. The summed E-state index contributed by atoms with van der Waals surface area (Å²) >= 11 is 0. The van der Waals surface area contributed by atoms with Gasteiger partial charge in [-0.15, -0.1) is 0 Å². The summed E-state index contributed by atoms with van der Waals surface area (Å²) in [5.74, 6) is 0.956. The highest BCUT2D eigenvalue weighted by Crippen LogP contribution is 2.47. The summed E-state index contributed by atoms with van der Waals surface area (Å²) in [6.07, 6.45) is 0. The number of benzene rings is 2. The number of likely N-dealkylation sites (N-methyl/N-ethyl adjacent to an activating group) is 1. The zero-order chi connectivity index (χ0) is 22.3. The van der Waals surface area contributed by atoms with E-state index in [2.05, 4.69) is 75.3 Å². The van der Waals surface area contributed by atoms with Crippen LogP contribution in [0.2, 0.25) is 0 Å². The van der Waals surface area contributed by atoms with Crippen LogP contribution < -0.4 is 4.74 Å². The molecule has 1 aromatic heterocycles. The molecule has 4 heteroatoms. The second-order valence-electron chi connectivity index (χ2n) is 9.24. The fourth-order valence-electron chi connectivity index (χ4n) is 5.07. The highest BCUT2D eigenvalue weighted by atomic mass is 16.5. The van der Waals surface area contributed by atoms with Crippen molar-refractivity contribution in [3.05, 3.63) is 64.8 Å². The summed E-state index contributed by atoms with van der Waals surface area (Å²) in [5, 5.41) is 1.05. The lowest BCUT2D eigenvalue weighted by molar-refractivity contribution is 0.103. The summed E-state index contributed by atoms with van der Waals surface area (Å²) in [5.41, 5.74) is 4.64. The van der Waals surface area contributed by atoms with E-state index in [1.54, 1.807) is 0 Å². The maximum Gasteiger partial charge on any atom is 0.195 e. The molecule has 0 saturated heterocycles. The second kappa shape index (κ2) is 8.16. The van der Waals surface area contributed by atoms with E-state index in [4.69, 9.17) is 4.74 Å². The monoisotopic (exact) mass is 418 g/mol. The molecule has 2 aromatic carbocycles. The van der Waals surface area contributed by atoms with Gasteiger partial charge in [-0.3, -0.25) is 4.79 Å². The molecule has 3 aromatic rings. The molecule has 31 heavy (non-hydrogen) atoms. The first-order valence-corrected chi connectivity index (χ1v) is 11.5. The third-order valence-electron chi connectivity index (χ3n) is 6.73. The van der Waals surface area contributed by atoms with E-state index < -0.39 is 0 Å². The Kier molecular flexibility index (Phi) is 5.69. The Labute approximate surface area is 185 Å². The molecule has 4 rings (SSSR count). The third-order valence-corrected chi connectivity index (χ3v) is 6.73. The fourth-order valence-corrected chi connectivity index (χ4v) is 5.07. The van der Waals surface area contributed by atoms with Gasteiger partial charge in [-0.25, -0.2) is 0 Å². The number of carbonyl (C=O) groups is 1. The topological polar surface area (TPSA) is 34.5 Å². The highest BCUT2D eigenvalue weighted by Gasteiger charge is 2.42. The number of ketones is 1. The molecule has 0 radical (unpaired) electrons. The van der Waals surface area contributed by atoms with Crippen LogP contribution in [0.3, 0.4) is 0 Å². The van der Waals surface area contributed by atoms with E-state index in [1.165, 1.54) is 0 Å². The number of rotatable bonds is 7. The predicted molar refractivity (Wildman–Crippen MR) is 128 cm³/mol. The molecule has 164 valence electrons. The van der Waals surface area contributed by atoms with Crippen LogP contribution in [0.4, 0.5) is 0 Å². The molecule has 0 N–H and O–H groups in total. The Morgan fingerprint density at radius 3 is 2.45 bits per heavy atom. The first kappa shape index (κ1) is 21.6. The van der Waals surface area contributed by atoms with Crippen molar-refractivity contribution in [1.29, 1.82) is 0 Å². The van der Waals surface area contributed by atoms with Gasteiger partial charge < -0.3 is 14.2 Å². The second-order valence-corrected chi connectivity index (χ2v) is 9.24. The van der Waals surface area contributed by atoms with Crippen LogP contribution >= 0.6 is 0 Å². The van der Waals surface area contributed by atoms with Gasteiger partial charge in [-0.2, -0.15) is 0 Å². The molecule has 1 aliphatic carbocycles. The van der Waals surface area contributed by atoms with Crippen molar-refractivity contribution in [2.75, 3.05) is 26.2 Å². The van der Waals surface area contributed by atoms with Crippen LogP contribution in [0.15, 0.2) is 42.5 Å². The molecule has 0 unspecified atom stereocenters. The average Bonchev–Trinajstić information content (AvgIpc) is 3.12. The van der Waals surface area contributed by atoms with Crippen molar-refractivity contribution in [3.8, 4) is 5.75 Å². The number of aromatic nitrogens is 1. The number of nitrogens with zero attached hydrogens (tertiary/aromatic N) is 2. The van der Waals surface area contributed by atoms with Crippen LogP contribution in [0.5, 0.6) is 5.75 Å².